The molecular weight excluding hydrogens is 346 g/mol. The zero-order valence-electron chi connectivity index (χ0n) is 12.1. The number of aliphatic hydroxyl groups is 1. The second-order valence-corrected chi connectivity index (χ2v) is 6.27. The van der Waals surface area contributed by atoms with Crippen LogP contribution in [0.15, 0.2) is 52.0 Å². The van der Waals surface area contributed by atoms with Gasteiger partial charge in [-0.25, -0.2) is 4.79 Å². The van der Waals surface area contributed by atoms with Crippen LogP contribution in [0.5, 0.6) is 0 Å². The number of aromatic nitrogens is 3. The maximum absolute atomic E-state index is 12.9. The van der Waals surface area contributed by atoms with Crippen LogP contribution in [0.4, 0.5) is 0 Å². The molecule has 0 spiro atoms. The summed E-state index contributed by atoms with van der Waals surface area (Å²) < 4.78 is 4.30. The third-order valence-electron chi connectivity index (χ3n) is 3.62. The zero-order valence-corrected chi connectivity index (χ0v) is 13.7. The maximum atomic E-state index is 12.9. The molecule has 2 aromatic heterocycles. The number of hydrogen-bond donors (Lipinski definition) is 1. The molecule has 0 saturated heterocycles. The fourth-order valence-electron chi connectivity index (χ4n) is 2.52. The van der Waals surface area contributed by atoms with E-state index in [4.69, 9.17) is 0 Å². The molecule has 3 aromatic rings. The lowest BCUT2D eigenvalue weighted by Gasteiger charge is -2.08. The SMILES string of the molecule is CC(CO)Cn1c(=O)n(-c2ccncc2)c2ccc(Br)cc21. The van der Waals surface area contributed by atoms with Crippen LogP contribution in [0, 0.1) is 5.92 Å². The number of benzene rings is 1. The molecule has 0 aliphatic rings. The van der Waals surface area contributed by atoms with Gasteiger partial charge in [0.2, 0.25) is 0 Å². The van der Waals surface area contributed by atoms with Gasteiger partial charge in [0.25, 0.3) is 0 Å². The van der Waals surface area contributed by atoms with Crippen molar-refractivity contribution in [1.82, 2.24) is 14.1 Å². The van der Waals surface area contributed by atoms with Crippen molar-refractivity contribution in [2.24, 2.45) is 5.92 Å². The molecule has 0 aliphatic heterocycles. The van der Waals surface area contributed by atoms with Crippen molar-refractivity contribution >= 4 is 27.0 Å². The molecule has 22 heavy (non-hydrogen) atoms. The lowest BCUT2D eigenvalue weighted by molar-refractivity contribution is 0.223. The largest absolute Gasteiger partial charge is 0.396 e. The predicted molar refractivity (Wildman–Crippen MR) is 89.3 cm³/mol. The highest BCUT2D eigenvalue weighted by molar-refractivity contribution is 9.10. The van der Waals surface area contributed by atoms with E-state index < -0.39 is 0 Å². The molecule has 5 nitrogen and oxygen atoms in total. The van der Waals surface area contributed by atoms with Crippen molar-refractivity contribution in [2.45, 2.75) is 13.5 Å². The monoisotopic (exact) mass is 361 g/mol. The molecule has 3 rings (SSSR count). The van der Waals surface area contributed by atoms with Crippen molar-refractivity contribution in [2.75, 3.05) is 6.61 Å². The topological polar surface area (TPSA) is 60.1 Å². The zero-order chi connectivity index (χ0) is 15.7. The number of rotatable bonds is 4. The lowest BCUT2D eigenvalue weighted by Crippen LogP contribution is -2.26. The van der Waals surface area contributed by atoms with Crippen LogP contribution >= 0.6 is 15.9 Å². The smallest absolute Gasteiger partial charge is 0.333 e. The molecule has 0 bridgehead atoms. The van der Waals surface area contributed by atoms with Gasteiger partial charge in [0.1, 0.15) is 0 Å². The van der Waals surface area contributed by atoms with Gasteiger partial charge in [0.05, 0.1) is 16.7 Å². The number of halogens is 1. The van der Waals surface area contributed by atoms with E-state index in [1.54, 1.807) is 21.5 Å². The predicted octanol–water partition coefficient (Wildman–Crippen LogP) is 2.58. The van der Waals surface area contributed by atoms with Crippen molar-refractivity contribution in [3.63, 3.8) is 0 Å². The minimum atomic E-state index is -0.111. The molecule has 1 atom stereocenters. The third-order valence-corrected chi connectivity index (χ3v) is 4.11. The van der Waals surface area contributed by atoms with Gasteiger partial charge < -0.3 is 5.11 Å². The van der Waals surface area contributed by atoms with Gasteiger partial charge >= 0.3 is 5.69 Å². The van der Waals surface area contributed by atoms with Crippen molar-refractivity contribution < 1.29 is 5.11 Å². The van der Waals surface area contributed by atoms with E-state index in [0.29, 0.717) is 6.54 Å². The first-order valence-electron chi connectivity index (χ1n) is 7.04. The number of fused-ring (bicyclic) bond motifs is 1. The maximum Gasteiger partial charge on any atom is 0.333 e. The van der Waals surface area contributed by atoms with Crippen molar-refractivity contribution in [1.29, 1.82) is 0 Å². The summed E-state index contributed by atoms with van der Waals surface area (Å²) in [5.74, 6) is 0.00757. The van der Waals surface area contributed by atoms with E-state index >= 15 is 0 Å². The van der Waals surface area contributed by atoms with Crippen LogP contribution < -0.4 is 5.69 Å². The van der Waals surface area contributed by atoms with Crippen LogP contribution in [0.1, 0.15) is 6.92 Å². The summed E-state index contributed by atoms with van der Waals surface area (Å²) in [5.41, 5.74) is 2.35. The third kappa shape index (κ3) is 2.60. The number of nitrogens with zero attached hydrogens (tertiary/aromatic N) is 3. The van der Waals surface area contributed by atoms with Gasteiger partial charge in [0, 0.05) is 30.0 Å². The second-order valence-electron chi connectivity index (χ2n) is 5.35. The molecule has 6 heteroatoms. The Balaban J connectivity index is 2.29. The van der Waals surface area contributed by atoms with Gasteiger partial charge in [-0.1, -0.05) is 22.9 Å². The second kappa shape index (κ2) is 6.06. The summed E-state index contributed by atoms with van der Waals surface area (Å²) in [4.78, 5) is 16.9. The van der Waals surface area contributed by atoms with Gasteiger partial charge in [0.15, 0.2) is 0 Å². The molecule has 0 amide bonds. The van der Waals surface area contributed by atoms with Crippen LogP contribution in [-0.4, -0.2) is 25.8 Å². The molecule has 1 unspecified atom stereocenters. The van der Waals surface area contributed by atoms with Gasteiger partial charge in [-0.2, -0.15) is 0 Å². The fraction of sp³-hybridized carbons (Fsp3) is 0.250. The van der Waals surface area contributed by atoms with Crippen LogP contribution in [0.2, 0.25) is 0 Å². The summed E-state index contributed by atoms with van der Waals surface area (Å²) >= 11 is 3.46. The van der Waals surface area contributed by atoms with Crippen molar-refractivity contribution in [3.8, 4) is 5.69 Å². The molecule has 0 aliphatic carbocycles. The highest BCUT2D eigenvalue weighted by atomic mass is 79.9. The Labute approximate surface area is 136 Å². The van der Waals surface area contributed by atoms with E-state index in [-0.39, 0.29) is 18.2 Å². The number of hydrogen-bond acceptors (Lipinski definition) is 3. The Hall–Kier alpha value is -1.92. The Morgan fingerprint density at radius 3 is 2.64 bits per heavy atom. The number of aliphatic hydroxyl groups excluding tert-OH is 1. The molecule has 2 heterocycles. The minimum Gasteiger partial charge on any atom is -0.396 e. The van der Waals surface area contributed by atoms with E-state index in [1.807, 2.05) is 37.3 Å². The summed E-state index contributed by atoms with van der Waals surface area (Å²) in [6.07, 6.45) is 3.33. The fourth-order valence-corrected chi connectivity index (χ4v) is 2.87. The van der Waals surface area contributed by atoms with E-state index in [0.717, 1.165) is 21.2 Å². The summed E-state index contributed by atoms with van der Waals surface area (Å²) in [6, 6.07) is 9.38. The summed E-state index contributed by atoms with van der Waals surface area (Å²) in [7, 11) is 0. The van der Waals surface area contributed by atoms with Crippen LogP contribution in [0.25, 0.3) is 16.7 Å². The quantitative estimate of drug-likeness (QED) is 0.776. The average molecular weight is 362 g/mol. The first-order valence-corrected chi connectivity index (χ1v) is 7.83. The molecule has 114 valence electrons. The molecule has 1 aromatic carbocycles. The van der Waals surface area contributed by atoms with Gasteiger partial charge in [-0.05, 0) is 36.2 Å². The summed E-state index contributed by atoms with van der Waals surface area (Å²) in [5, 5.41) is 9.30. The van der Waals surface area contributed by atoms with Crippen LogP contribution in [-0.2, 0) is 6.54 Å². The van der Waals surface area contributed by atoms with Gasteiger partial charge in [-0.15, -0.1) is 0 Å². The molecule has 0 saturated carbocycles. The highest BCUT2D eigenvalue weighted by Crippen LogP contribution is 2.22. The Kier molecular flexibility index (Phi) is 4.13. The molecule has 0 fully saturated rings. The first-order chi connectivity index (χ1) is 10.6. The summed E-state index contributed by atoms with van der Waals surface area (Å²) in [6.45, 7) is 2.43. The molecular formula is C16H16BrN3O2. The van der Waals surface area contributed by atoms with E-state index in [2.05, 4.69) is 20.9 Å². The minimum absolute atomic E-state index is 0.00757. The lowest BCUT2D eigenvalue weighted by atomic mass is 10.2. The normalized spacial score (nSPS) is 12.7. The van der Waals surface area contributed by atoms with E-state index in [9.17, 15) is 9.90 Å². The van der Waals surface area contributed by atoms with Crippen LogP contribution in [0.3, 0.4) is 0 Å². The Bertz CT molecular complexity index is 855. The number of pyridine rings is 1. The molecule has 0 radical (unpaired) electrons. The van der Waals surface area contributed by atoms with Gasteiger partial charge in [-0.3, -0.25) is 14.1 Å². The molecule has 1 N–H and O–H groups in total. The van der Waals surface area contributed by atoms with E-state index in [1.165, 1.54) is 0 Å². The highest BCUT2D eigenvalue weighted by Gasteiger charge is 2.16. The number of imidazole rings is 1. The van der Waals surface area contributed by atoms with Crippen molar-refractivity contribution in [3.05, 3.63) is 57.7 Å². The standard InChI is InChI=1S/C16H16BrN3O2/c1-11(10-21)9-19-15-8-12(17)2-3-14(15)20(16(19)22)13-4-6-18-7-5-13/h2-8,11,21H,9-10H2,1H3. The Morgan fingerprint density at radius 1 is 1.23 bits per heavy atom. The average Bonchev–Trinajstić information content (AvgIpc) is 2.80. The first kappa shape index (κ1) is 15.0. The Morgan fingerprint density at radius 2 is 1.95 bits per heavy atom.